The van der Waals surface area contributed by atoms with E-state index in [0.717, 1.165) is 109 Å². The minimum atomic E-state index is -0.570. The third kappa shape index (κ3) is 8.31. The Morgan fingerprint density at radius 1 is 0.850 bits per heavy atom. The van der Waals surface area contributed by atoms with Gasteiger partial charge in [0.05, 0.1) is 23.0 Å². The standard InChI is InChI=1S/C49H58N6O5/c1-34-26-35(28-40-32-50-55(46(34)40)33-60-48(59)49(16-17-49)41-10-4-3-5-11-41)27-39(47(58)54-24-22-52(23-25-54)42-14-18-51(2)19-15-42)31-45(57)53-20-12-36(13-21-53)43-29-37-8-6-7-9-38(37)30-44(43)56/h3-11,26,28-29,32,36,39,42H,12-25,27,30-31,33H2,1-2H3/t39-/m0/s1. The normalized spacial score (nSPS) is 20.8. The number of likely N-dealkylation sites (tertiary alicyclic amines) is 2. The van der Waals surface area contributed by atoms with Gasteiger partial charge in [-0.25, -0.2) is 4.68 Å². The van der Waals surface area contributed by atoms with Crippen LogP contribution in [-0.2, 0) is 48.9 Å². The molecule has 4 fully saturated rings. The van der Waals surface area contributed by atoms with Gasteiger partial charge in [-0.3, -0.25) is 24.1 Å². The maximum absolute atomic E-state index is 14.6. The van der Waals surface area contributed by atoms with E-state index in [4.69, 9.17) is 4.74 Å². The molecule has 3 aromatic carbocycles. The highest BCUT2D eigenvalue weighted by Gasteiger charge is 2.52. The number of fused-ring (bicyclic) bond motifs is 2. The number of allylic oxidation sites excluding steroid dienone is 1. The molecule has 3 aliphatic heterocycles. The number of ether oxygens (including phenoxy) is 1. The van der Waals surface area contributed by atoms with E-state index in [0.29, 0.717) is 45.1 Å². The lowest BCUT2D eigenvalue weighted by molar-refractivity contribution is -0.151. The number of Topliss-reactive ketones (excluding diaryl/α,β-unsaturated/α-hetero) is 1. The van der Waals surface area contributed by atoms with Crippen LogP contribution in [0, 0.1) is 18.8 Å². The van der Waals surface area contributed by atoms with Crippen LogP contribution in [0.4, 0.5) is 0 Å². The van der Waals surface area contributed by atoms with Crippen molar-refractivity contribution in [1.82, 2.24) is 29.4 Å². The van der Waals surface area contributed by atoms with Gasteiger partial charge in [0.1, 0.15) is 0 Å². The van der Waals surface area contributed by atoms with Gasteiger partial charge in [0, 0.05) is 63.5 Å². The van der Waals surface area contributed by atoms with Crippen molar-refractivity contribution in [3.05, 3.63) is 106 Å². The second-order valence-electron chi connectivity index (χ2n) is 18.1. The Hall–Kier alpha value is -5.13. The number of esters is 1. The molecule has 11 nitrogen and oxygen atoms in total. The highest BCUT2D eigenvalue weighted by Crippen LogP contribution is 2.49. The average molecular weight is 811 g/mol. The predicted molar refractivity (Wildman–Crippen MR) is 231 cm³/mol. The molecular weight excluding hydrogens is 753 g/mol. The number of aryl methyl sites for hydroxylation is 1. The summed E-state index contributed by atoms with van der Waals surface area (Å²) in [5.74, 6) is -0.364. The number of ketones is 1. The molecule has 5 aliphatic rings. The molecule has 4 aromatic rings. The van der Waals surface area contributed by atoms with E-state index in [-0.39, 0.29) is 42.6 Å². The zero-order chi connectivity index (χ0) is 41.4. The number of nitrogens with zero attached hydrogens (tertiary/aromatic N) is 6. The largest absolute Gasteiger partial charge is 0.442 e. The lowest BCUT2D eigenvalue weighted by Gasteiger charge is -2.43. The second kappa shape index (κ2) is 17.1. The Morgan fingerprint density at radius 2 is 1.57 bits per heavy atom. The Balaban J connectivity index is 0.883. The fourth-order valence-corrected chi connectivity index (χ4v) is 10.4. The van der Waals surface area contributed by atoms with Gasteiger partial charge in [-0.1, -0.05) is 60.7 Å². The van der Waals surface area contributed by atoms with Crippen molar-refractivity contribution in [2.24, 2.45) is 11.8 Å². The van der Waals surface area contributed by atoms with Crippen LogP contribution in [0.3, 0.4) is 0 Å². The quantitative estimate of drug-likeness (QED) is 0.175. The summed E-state index contributed by atoms with van der Waals surface area (Å²) >= 11 is 0. The smallest absolute Gasteiger partial charge is 0.318 e. The summed E-state index contributed by atoms with van der Waals surface area (Å²) < 4.78 is 7.62. The summed E-state index contributed by atoms with van der Waals surface area (Å²) in [6.07, 6.45) is 10.2. The first-order valence-corrected chi connectivity index (χ1v) is 22.1. The van der Waals surface area contributed by atoms with Crippen LogP contribution in [0.5, 0.6) is 0 Å². The van der Waals surface area contributed by atoms with Crippen LogP contribution in [0.1, 0.15) is 72.8 Å². The first-order valence-electron chi connectivity index (χ1n) is 22.1. The molecule has 9 rings (SSSR count). The monoisotopic (exact) mass is 810 g/mol. The molecule has 0 N–H and O–H groups in total. The van der Waals surface area contributed by atoms with E-state index in [2.05, 4.69) is 46.2 Å². The fraction of sp³-hybridized carbons (Fsp3) is 0.490. The molecule has 1 saturated carbocycles. The molecule has 0 bridgehead atoms. The van der Waals surface area contributed by atoms with Crippen molar-refractivity contribution in [3.63, 3.8) is 0 Å². The van der Waals surface area contributed by atoms with Gasteiger partial charge in [0.15, 0.2) is 12.5 Å². The maximum atomic E-state index is 14.6. The number of hydrogen-bond donors (Lipinski definition) is 0. The molecule has 4 heterocycles. The van der Waals surface area contributed by atoms with Crippen LogP contribution in [-0.4, -0.2) is 118 Å². The number of piperazine rings is 1. The number of rotatable bonds is 11. The van der Waals surface area contributed by atoms with Crippen molar-refractivity contribution >= 4 is 40.5 Å². The van der Waals surface area contributed by atoms with Crippen LogP contribution >= 0.6 is 0 Å². The van der Waals surface area contributed by atoms with Crippen molar-refractivity contribution < 1.29 is 23.9 Å². The number of carbonyl (C=O) groups excluding carboxylic acids is 4. The second-order valence-corrected chi connectivity index (χ2v) is 18.1. The molecule has 3 saturated heterocycles. The molecule has 0 unspecified atom stereocenters. The van der Waals surface area contributed by atoms with Crippen molar-refractivity contribution in [3.8, 4) is 0 Å². The first kappa shape index (κ1) is 40.3. The minimum Gasteiger partial charge on any atom is -0.442 e. The van der Waals surface area contributed by atoms with Crippen LogP contribution < -0.4 is 0 Å². The summed E-state index contributed by atoms with van der Waals surface area (Å²) in [5.41, 5.74) is 6.35. The van der Waals surface area contributed by atoms with E-state index in [1.54, 1.807) is 10.9 Å². The van der Waals surface area contributed by atoms with Gasteiger partial charge < -0.3 is 19.4 Å². The molecule has 0 spiro atoms. The van der Waals surface area contributed by atoms with Gasteiger partial charge in [-0.2, -0.15) is 5.10 Å². The highest BCUT2D eigenvalue weighted by molar-refractivity contribution is 6.04. The van der Waals surface area contributed by atoms with Gasteiger partial charge in [0.25, 0.3) is 0 Å². The van der Waals surface area contributed by atoms with Gasteiger partial charge >= 0.3 is 5.97 Å². The van der Waals surface area contributed by atoms with Gasteiger partial charge in [-0.05, 0) is 123 Å². The third-order valence-corrected chi connectivity index (χ3v) is 14.2. The zero-order valence-electron chi connectivity index (χ0n) is 35.2. The number of amides is 2. The number of aromatic nitrogens is 2. The minimum absolute atomic E-state index is 0.00225. The molecular formula is C49H58N6O5. The fourth-order valence-electron chi connectivity index (χ4n) is 10.4. The third-order valence-electron chi connectivity index (χ3n) is 14.2. The summed E-state index contributed by atoms with van der Waals surface area (Å²) in [5, 5.41) is 5.53. The van der Waals surface area contributed by atoms with Gasteiger partial charge in [0.2, 0.25) is 11.8 Å². The topological polar surface area (TPSA) is 108 Å². The highest BCUT2D eigenvalue weighted by atomic mass is 16.5. The van der Waals surface area contributed by atoms with Crippen LogP contribution in [0.2, 0.25) is 0 Å². The number of benzene rings is 3. The summed E-state index contributed by atoms with van der Waals surface area (Å²) in [6.45, 7) is 8.46. The maximum Gasteiger partial charge on any atom is 0.318 e. The van der Waals surface area contributed by atoms with Crippen LogP contribution in [0.25, 0.3) is 17.0 Å². The van der Waals surface area contributed by atoms with E-state index in [1.807, 2.05) is 65.3 Å². The van der Waals surface area contributed by atoms with E-state index >= 15 is 0 Å². The molecule has 1 aromatic heterocycles. The predicted octanol–water partition coefficient (Wildman–Crippen LogP) is 5.81. The summed E-state index contributed by atoms with van der Waals surface area (Å²) in [4.78, 5) is 64.1. The zero-order valence-corrected chi connectivity index (χ0v) is 35.2. The molecule has 2 amide bonds. The Morgan fingerprint density at radius 3 is 2.30 bits per heavy atom. The summed E-state index contributed by atoms with van der Waals surface area (Å²) in [7, 11) is 2.18. The summed E-state index contributed by atoms with van der Waals surface area (Å²) in [6, 6.07) is 22.7. The van der Waals surface area contributed by atoms with E-state index in [9.17, 15) is 19.2 Å². The molecule has 0 radical (unpaired) electrons. The molecule has 1 atom stereocenters. The van der Waals surface area contributed by atoms with Crippen molar-refractivity contribution in [2.45, 2.75) is 82.9 Å². The lowest BCUT2D eigenvalue weighted by atomic mass is 9.80. The van der Waals surface area contributed by atoms with E-state index in [1.165, 1.54) is 0 Å². The Bertz CT molecular complexity index is 2270. The lowest BCUT2D eigenvalue weighted by Crippen LogP contribution is -2.55. The molecule has 11 heteroatoms. The Labute approximate surface area is 353 Å². The Kier molecular flexibility index (Phi) is 11.5. The molecule has 2 aliphatic carbocycles. The SMILES string of the molecule is Cc1cc(C[C@@H](CC(=O)N2CCC(C3=Cc4ccccc4CC3=O)CC2)C(=O)N2CCN(C3CCN(C)CC3)CC2)cc2cnn(COC(=O)C3(c4ccccc4)CC3)c12. The number of hydrogen-bond acceptors (Lipinski definition) is 8. The number of piperidine rings is 2. The molecule has 60 heavy (non-hydrogen) atoms. The van der Waals surface area contributed by atoms with Crippen molar-refractivity contribution in [2.75, 3.05) is 59.4 Å². The van der Waals surface area contributed by atoms with Crippen molar-refractivity contribution in [1.29, 1.82) is 0 Å². The van der Waals surface area contributed by atoms with E-state index < -0.39 is 11.3 Å². The molecule has 314 valence electrons. The average Bonchev–Trinajstić information content (AvgIpc) is 3.99. The number of carbonyl (C=O) groups is 4. The van der Waals surface area contributed by atoms with Gasteiger partial charge in [-0.15, -0.1) is 0 Å². The first-order chi connectivity index (χ1) is 29.1. The van der Waals surface area contributed by atoms with Crippen LogP contribution in [0.15, 0.2) is 78.5 Å².